The molecule has 1 aliphatic heterocycles. The van der Waals surface area contributed by atoms with E-state index in [1.54, 1.807) is 0 Å². The van der Waals surface area contributed by atoms with Gasteiger partial charge in [0.2, 0.25) is 0 Å². The van der Waals surface area contributed by atoms with Crippen LogP contribution in [0.2, 0.25) is 0 Å². The predicted octanol–water partition coefficient (Wildman–Crippen LogP) is 14.5. The number of benzene rings is 7. The summed E-state index contributed by atoms with van der Waals surface area (Å²) in [6.07, 6.45) is 9.33. The summed E-state index contributed by atoms with van der Waals surface area (Å²) < 4.78 is 11.6. The van der Waals surface area contributed by atoms with Crippen LogP contribution in [0.1, 0.15) is 0 Å². The molecule has 310 valence electrons. The van der Waals surface area contributed by atoms with Crippen molar-refractivity contribution in [1.82, 2.24) is 23.8 Å². The zero-order valence-electron chi connectivity index (χ0n) is 35.5. The highest BCUT2D eigenvalue weighted by atomic mass is 16.5. The Labute approximate surface area is 378 Å². The molecular formula is C58H37N7O. The minimum absolute atomic E-state index is 0.593. The van der Waals surface area contributed by atoms with Crippen LogP contribution in [-0.2, 0) is 0 Å². The summed E-state index contributed by atoms with van der Waals surface area (Å²) in [5.74, 6) is 1.49. The van der Waals surface area contributed by atoms with Crippen LogP contribution < -0.4 is 14.5 Å². The van der Waals surface area contributed by atoms with Crippen LogP contribution in [0.5, 0.6) is 11.5 Å². The molecule has 0 aliphatic carbocycles. The van der Waals surface area contributed by atoms with Gasteiger partial charge in [0.05, 0.1) is 44.6 Å². The number of fused-ring (bicyclic) bond motifs is 11. The largest absolute Gasteiger partial charge is 0.457 e. The summed E-state index contributed by atoms with van der Waals surface area (Å²) in [5, 5.41) is 7.12. The summed E-state index contributed by atoms with van der Waals surface area (Å²) in [6, 6.07) is 64.6. The minimum atomic E-state index is 0.593. The first kappa shape index (κ1) is 36.5. The number of anilines is 4. The van der Waals surface area contributed by atoms with Crippen molar-refractivity contribution >= 4 is 88.3 Å². The Bertz CT molecular complexity index is 4030. The van der Waals surface area contributed by atoms with Gasteiger partial charge < -0.3 is 18.9 Å². The van der Waals surface area contributed by atoms with Crippen LogP contribution in [-0.4, -0.2) is 30.4 Å². The zero-order chi connectivity index (χ0) is 43.3. The van der Waals surface area contributed by atoms with Gasteiger partial charge in [0, 0.05) is 92.2 Å². The van der Waals surface area contributed by atoms with Gasteiger partial charge in [-0.05, 0) is 90.0 Å². The van der Waals surface area contributed by atoms with Gasteiger partial charge in [0.25, 0.3) is 0 Å². The average molecular weight is 848 g/mol. The van der Waals surface area contributed by atoms with E-state index in [-0.39, 0.29) is 0 Å². The minimum Gasteiger partial charge on any atom is -0.457 e. The Morgan fingerprint density at radius 1 is 0.394 bits per heavy atom. The molecule has 7 heterocycles. The Kier molecular flexibility index (Phi) is 7.88. The average Bonchev–Trinajstić information content (AvgIpc) is 4.04. The number of pyridine rings is 3. The highest BCUT2D eigenvalue weighted by molar-refractivity contribution is 6.25. The highest BCUT2D eigenvalue weighted by Gasteiger charge is 2.31. The van der Waals surface area contributed by atoms with Crippen molar-refractivity contribution in [3.63, 3.8) is 0 Å². The molecule has 8 heteroatoms. The maximum absolute atomic E-state index is 6.88. The van der Waals surface area contributed by atoms with E-state index < -0.39 is 0 Å². The molecule has 8 nitrogen and oxygen atoms in total. The molecule has 0 amide bonds. The van der Waals surface area contributed by atoms with E-state index >= 15 is 0 Å². The van der Waals surface area contributed by atoms with Gasteiger partial charge >= 0.3 is 0 Å². The molecule has 0 bridgehead atoms. The van der Waals surface area contributed by atoms with Crippen molar-refractivity contribution < 1.29 is 4.74 Å². The Balaban J connectivity index is 0.907. The zero-order valence-corrected chi connectivity index (χ0v) is 35.5. The first-order valence-electron chi connectivity index (χ1n) is 22.2. The maximum Gasteiger partial charge on any atom is 0.162 e. The van der Waals surface area contributed by atoms with Gasteiger partial charge in [-0.3, -0.25) is 14.4 Å². The van der Waals surface area contributed by atoms with Crippen molar-refractivity contribution in [2.75, 3.05) is 16.5 Å². The lowest BCUT2D eigenvalue weighted by Crippen LogP contribution is -2.25. The fraction of sp³-hybridized carbons (Fsp3) is 0.0172. The summed E-state index contributed by atoms with van der Waals surface area (Å²) in [5.41, 5.74) is 15.2. The van der Waals surface area contributed by atoms with Gasteiger partial charge in [-0.2, -0.15) is 0 Å². The summed E-state index contributed by atoms with van der Waals surface area (Å²) in [4.78, 5) is 18.6. The second-order valence-electron chi connectivity index (χ2n) is 16.9. The van der Waals surface area contributed by atoms with Crippen molar-refractivity contribution in [3.8, 4) is 33.8 Å². The Hall–Kier alpha value is -9.01. The van der Waals surface area contributed by atoms with Gasteiger partial charge in [-0.1, -0.05) is 91.0 Å². The first-order chi connectivity index (χ1) is 32.8. The molecule has 0 N–H and O–H groups in total. The van der Waals surface area contributed by atoms with Crippen LogP contribution >= 0.6 is 0 Å². The van der Waals surface area contributed by atoms with E-state index in [9.17, 15) is 0 Å². The molecule has 14 rings (SSSR count). The van der Waals surface area contributed by atoms with E-state index in [4.69, 9.17) is 9.72 Å². The molecule has 13 aromatic rings. The van der Waals surface area contributed by atoms with Crippen molar-refractivity contribution in [2.24, 2.45) is 0 Å². The third-order valence-corrected chi connectivity index (χ3v) is 13.4. The summed E-state index contributed by atoms with van der Waals surface area (Å²) in [7, 11) is 0. The second-order valence-corrected chi connectivity index (χ2v) is 16.9. The number of hydrogen-bond donors (Lipinski definition) is 0. The van der Waals surface area contributed by atoms with Gasteiger partial charge in [-0.25, -0.2) is 4.98 Å². The standard InChI is InChI=1S/C58H37N7O/c1-2-19-50-44(12-1)46-15-7-17-48-49-18-8-16-47-45-24-23-41(35-54(45)65(57(47)49)58-53(22-9-29-61-58)64(50)56(46)48)66-40-11-5-10-39(34-40)62-36-63(52-21-4-3-20-51(52)62)55-42(37-25-30-59-31-26-37)13-6-14-43(55)38-27-32-60-33-28-38/h1-35H,36H2. The molecule has 7 aromatic carbocycles. The van der Waals surface area contributed by atoms with Crippen LogP contribution in [0, 0.1) is 0 Å². The van der Waals surface area contributed by atoms with E-state index in [2.05, 4.69) is 198 Å². The third kappa shape index (κ3) is 5.36. The van der Waals surface area contributed by atoms with Gasteiger partial charge in [0.15, 0.2) is 5.65 Å². The quantitative estimate of drug-likeness (QED) is 0.166. The molecule has 0 radical (unpaired) electrons. The number of hydrogen-bond acceptors (Lipinski definition) is 6. The van der Waals surface area contributed by atoms with Crippen molar-refractivity contribution in [3.05, 3.63) is 213 Å². The SMILES string of the molecule is c1cc(Oc2ccc3c4cccc5c6cccc7c8ccccc8n(c8cccnc8n(c3c2)c45)c76)cc(N2CN(c3c(-c4ccncc4)cccc3-c3ccncc3)c3ccccc32)c1. The van der Waals surface area contributed by atoms with Crippen molar-refractivity contribution in [2.45, 2.75) is 0 Å². The second kappa shape index (κ2) is 14.3. The summed E-state index contributed by atoms with van der Waals surface area (Å²) in [6.45, 7) is 0.593. The number of para-hydroxylation sites is 6. The third-order valence-electron chi connectivity index (χ3n) is 13.4. The molecule has 1 aliphatic rings. The molecule has 66 heavy (non-hydrogen) atoms. The topological polar surface area (TPSA) is 63.2 Å². The van der Waals surface area contributed by atoms with E-state index in [1.165, 1.54) is 32.4 Å². The fourth-order valence-electron chi connectivity index (χ4n) is 10.6. The van der Waals surface area contributed by atoms with Crippen LogP contribution in [0.15, 0.2) is 213 Å². The molecule has 0 fully saturated rings. The fourth-order valence-corrected chi connectivity index (χ4v) is 10.6. The number of rotatable bonds is 6. The van der Waals surface area contributed by atoms with Crippen LogP contribution in [0.4, 0.5) is 22.7 Å². The van der Waals surface area contributed by atoms with Gasteiger partial charge in [-0.15, -0.1) is 0 Å². The smallest absolute Gasteiger partial charge is 0.162 e. The Morgan fingerprint density at radius 2 is 0.955 bits per heavy atom. The lowest BCUT2D eigenvalue weighted by molar-refractivity contribution is 0.483. The molecule has 6 aromatic heterocycles. The molecule has 0 spiro atoms. The predicted molar refractivity (Wildman–Crippen MR) is 269 cm³/mol. The molecule has 0 atom stereocenters. The number of ether oxygens (including phenoxy) is 1. The van der Waals surface area contributed by atoms with E-state index in [0.29, 0.717) is 6.67 Å². The summed E-state index contributed by atoms with van der Waals surface area (Å²) >= 11 is 0. The normalized spacial score (nSPS) is 12.7. The van der Waals surface area contributed by atoms with Gasteiger partial charge in [0.1, 0.15) is 18.2 Å². The van der Waals surface area contributed by atoms with E-state index in [1.807, 2.05) is 43.1 Å². The van der Waals surface area contributed by atoms with Crippen molar-refractivity contribution in [1.29, 1.82) is 0 Å². The first-order valence-corrected chi connectivity index (χ1v) is 22.2. The Morgan fingerprint density at radius 3 is 1.68 bits per heavy atom. The lowest BCUT2D eigenvalue weighted by Gasteiger charge is -2.27. The highest BCUT2D eigenvalue weighted by Crippen LogP contribution is 2.50. The van der Waals surface area contributed by atoms with Crippen LogP contribution in [0.25, 0.3) is 87.8 Å². The molecule has 0 saturated heterocycles. The molecule has 0 saturated carbocycles. The monoisotopic (exact) mass is 847 g/mol. The van der Waals surface area contributed by atoms with Crippen LogP contribution in [0.3, 0.4) is 0 Å². The van der Waals surface area contributed by atoms with E-state index in [0.717, 1.165) is 89.6 Å². The lowest BCUT2D eigenvalue weighted by atomic mass is 9.96. The maximum atomic E-state index is 6.88. The molecular weight excluding hydrogens is 811 g/mol. The number of nitrogens with zero attached hydrogens (tertiary/aromatic N) is 7. The molecule has 0 unspecified atom stereocenters. The number of aromatic nitrogens is 5.